The summed E-state index contributed by atoms with van der Waals surface area (Å²) < 4.78 is 0. The predicted molar refractivity (Wildman–Crippen MR) is 96.6 cm³/mol. The number of nitrogens with one attached hydrogen (secondary N) is 1. The summed E-state index contributed by atoms with van der Waals surface area (Å²) in [5, 5.41) is 2.83. The van der Waals surface area contributed by atoms with E-state index in [1.54, 1.807) is 23.2 Å². The second-order valence-corrected chi connectivity index (χ2v) is 6.41. The van der Waals surface area contributed by atoms with Crippen LogP contribution in [0.2, 0.25) is 0 Å². The molecule has 0 aliphatic heterocycles. The summed E-state index contributed by atoms with van der Waals surface area (Å²) in [4.78, 5) is 14.3. The minimum atomic E-state index is -0.221. The van der Waals surface area contributed by atoms with Crippen LogP contribution in [0, 0.1) is 5.41 Å². The van der Waals surface area contributed by atoms with E-state index < -0.39 is 0 Å². The molecule has 4 nitrogen and oxygen atoms in total. The summed E-state index contributed by atoms with van der Waals surface area (Å²) >= 11 is 0. The number of amides is 2. The summed E-state index contributed by atoms with van der Waals surface area (Å²) in [5.74, 6) is 0. The third kappa shape index (κ3) is 4.88. The van der Waals surface area contributed by atoms with Crippen LogP contribution in [0.4, 0.5) is 21.9 Å². The van der Waals surface area contributed by atoms with Crippen molar-refractivity contribution in [1.29, 1.82) is 0 Å². The number of allylic oxidation sites excluding steroid dienone is 1. The van der Waals surface area contributed by atoms with Gasteiger partial charge in [-0.25, -0.2) is 4.79 Å². The molecule has 0 fully saturated rings. The summed E-state index contributed by atoms with van der Waals surface area (Å²) in [6, 6.07) is 16.5. The first-order chi connectivity index (χ1) is 10.9. The van der Waals surface area contributed by atoms with Crippen LogP contribution in [-0.4, -0.2) is 6.03 Å². The molecule has 23 heavy (non-hydrogen) atoms. The van der Waals surface area contributed by atoms with Gasteiger partial charge in [0, 0.05) is 11.9 Å². The second kappa shape index (κ2) is 7.01. The second-order valence-electron chi connectivity index (χ2n) is 6.41. The van der Waals surface area contributed by atoms with E-state index in [0.717, 1.165) is 11.4 Å². The van der Waals surface area contributed by atoms with Crippen LogP contribution in [0.1, 0.15) is 20.8 Å². The van der Waals surface area contributed by atoms with Crippen molar-refractivity contribution in [2.24, 2.45) is 5.41 Å². The maximum absolute atomic E-state index is 12.6. The van der Waals surface area contributed by atoms with Gasteiger partial charge in [0.15, 0.2) is 0 Å². The molecule has 0 aromatic heterocycles. The number of carbonyl (C=O) groups excluding carboxylic acids is 1. The van der Waals surface area contributed by atoms with E-state index in [-0.39, 0.29) is 11.4 Å². The lowest BCUT2D eigenvalue weighted by molar-refractivity contribution is 0.251. The maximum atomic E-state index is 12.6. The molecule has 3 N–H and O–H groups in total. The highest BCUT2D eigenvalue weighted by atomic mass is 16.2. The van der Waals surface area contributed by atoms with Gasteiger partial charge in [0.1, 0.15) is 0 Å². The molecule has 0 saturated heterocycles. The van der Waals surface area contributed by atoms with Crippen LogP contribution >= 0.6 is 0 Å². The summed E-state index contributed by atoms with van der Waals surface area (Å²) in [6.07, 6.45) is 3.65. The molecule has 120 valence electrons. The zero-order valence-electron chi connectivity index (χ0n) is 13.8. The minimum absolute atomic E-state index is 0.00601. The Hall–Kier alpha value is -2.75. The molecule has 0 aliphatic rings. The zero-order valence-corrected chi connectivity index (χ0v) is 13.8. The number of para-hydroxylation sites is 1. The van der Waals surface area contributed by atoms with Crippen molar-refractivity contribution in [2.45, 2.75) is 20.8 Å². The van der Waals surface area contributed by atoms with E-state index >= 15 is 0 Å². The normalized spacial score (nSPS) is 11.4. The van der Waals surface area contributed by atoms with Gasteiger partial charge in [-0.2, -0.15) is 0 Å². The number of benzene rings is 2. The number of rotatable bonds is 3. The average molecular weight is 309 g/mol. The van der Waals surface area contributed by atoms with Crippen molar-refractivity contribution in [3.8, 4) is 0 Å². The highest BCUT2D eigenvalue weighted by Crippen LogP contribution is 2.26. The Morgan fingerprint density at radius 3 is 2.13 bits per heavy atom. The number of urea groups is 1. The fraction of sp³-hybridized carbons (Fsp3) is 0.211. The van der Waals surface area contributed by atoms with Gasteiger partial charge in [-0.3, -0.25) is 4.90 Å². The Labute approximate surface area is 137 Å². The van der Waals surface area contributed by atoms with Gasteiger partial charge < -0.3 is 11.1 Å². The molecule has 2 rings (SSSR count). The summed E-state index contributed by atoms with van der Waals surface area (Å²) in [5.41, 5.74) is 7.95. The zero-order chi connectivity index (χ0) is 16.9. The van der Waals surface area contributed by atoms with Crippen LogP contribution in [0.5, 0.6) is 0 Å². The molecule has 0 spiro atoms. The van der Waals surface area contributed by atoms with Gasteiger partial charge in [-0.15, -0.1) is 0 Å². The van der Waals surface area contributed by atoms with Crippen molar-refractivity contribution < 1.29 is 4.79 Å². The number of nitrogens with two attached hydrogens (primary N) is 1. The SMILES string of the molecule is CC(C)(C)/C=C/NC(=O)N(c1ccccc1)c1ccc(N)cc1. The van der Waals surface area contributed by atoms with Crippen molar-refractivity contribution in [1.82, 2.24) is 5.32 Å². The van der Waals surface area contributed by atoms with E-state index in [9.17, 15) is 4.79 Å². The highest BCUT2D eigenvalue weighted by molar-refractivity contribution is 5.99. The standard InChI is InChI=1S/C19H23N3O/c1-19(2,3)13-14-21-18(23)22(16-7-5-4-6-8-16)17-11-9-15(20)10-12-17/h4-14H,20H2,1-3H3,(H,21,23)/b14-13+. The predicted octanol–water partition coefficient (Wildman–Crippen LogP) is 4.68. The Kier molecular flexibility index (Phi) is 5.06. The first kappa shape index (κ1) is 16.6. The van der Waals surface area contributed by atoms with Crippen LogP contribution in [-0.2, 0) is 0 Å². The monoisotopic (exact) mass is 309 g/mol. The smallest absolute Gasteiger partial charge is 0.330 e. The Morgan fingerprint density at radius 2 is 1.57 bits per heavy atom. The van der Waals surface area contributed by atoms with E-state index in [0.29, 0.717) is 5.69 Å². The largest absolute Gasteiger partial charge is 0.399 e. The molecule has 0 atom stereocenters. The maximum Gasteiger partial charge on any atom is 0.330 e. The lowest BCUT2D eigenvalue weighted by Crippen LogP contribution is -2.34. The number of anilines is 3. The number of nitrogen functional groups attached to an aromatic ring is 1. The first-order valence-corrected chi connectivity index (χ1v) is 7.56. The number of hydrogen-bond acceptors (Lipinski definition) is 2. The fourth-order valence-corrected chi connectivity index (χ4v) is 2.01. The van der Waals surface area contributed by atoms with Crippen LogP contribution in [0.25, 0.3) is 0 Å². The van der Waals surface area contributed by atoms with Gasteiger partial charge in [0.25, 0.3) is 0 Å². The molecule has 2 aromatic rings. The van der Waals surface area contributed by atoms with E-state index in [1.807, 2.05) is 48.5 Å². The number of nitrogens with zero attached hydrogens (tertiary/aromatic N) is 1. The third-order valence-electron chi connectivity index (χ3n) is 3.16. The lowest BCUT2D eigenvalue weighted by atomic mass is 9.97. The Balaban J connectivity index is 2.29. The molecule has 0 heterocycles. The van der Waals surface area contributed by atoms with Crippen molar-refractivity contribution in [2.75, 3.05) is 10.6 Å². The topological polar surface area (TPSA) is 58.4 Å². The molecule has 0 aliphatic carbocycles. The highest BCUT2D eigenvalue weighted by Gasteiger charge is 2.17. The van der Waals surface area contributed by atoms with Crippen molar-refractivity contribution >= 4 is 23.1 Å². The summed E-state index contributed by atoms with van der Waals surface area (Å²) in [7, 11) is 0. The van der Waals surface area contributed by atoms with Crippen LogP contribution in [0.15, 0.2) is 66.9 Å². The average Bonchev–Trinajstić information content (AvgIpc) is 2.49. The van der Waals surface area contributed by atoms with E-state index in [4.69, 9.17) is 5.73 Å². The van der Waals surface area contributed by atoms with Crippen LogP contribution in [0.3, 0.4) is 0 Å². The number of hydrogen-bond donors (Lipinski definition) is 2. The fourth-order valence-electron chi connectivity index (χ4n) is 2.01. The van der Waals surface area contributed by atoms with Crippen molar-refractivity contribution in [3.05, 3.63) is 66.9 Å². The van der Waals surface area contributed by atoms with Crippen molar-refractivity contribution in [3.63, 3.8) is 0 Å². The van der Waals surface area contributed by atoms with Gasteiger partial charge in [-0.05, 0) is 41.8 Å². The van der Waals surface area contributed by atoms with E-state index in [2.05, 4.69) is 26.1 Å². The minimum Gasteiger partial charge on any atom is -0.399 e. The molecular formula is C19H23N3O. The van der Waals surface area contributed by atoms with Gasteiger partial charge >= 0.3 is 6.03 Å². The molecule has 4 heteroatoms. The molecule has 0 radical (unpaired) electrons. The van der Waals surface area contributed by atoms with E-state index in [1.165, 1.54) is 0 Å². The summed E-state index contributed by atoms with van der Waals surface area (Å²) in [6.45, 7) is 6.22. The van der Waals surface area contributed by atoms with Gasteiger partial charge in [-0.1, -0.05) is 45.0 Å². The molecule has 2 aromatic carbocycles. The molecule has 0 bridgehead atoms. The van der Waals surface area contributed by atoms with Gasteiger partial charge in [0.2, 0.25) is 0 Å². The molecule has 2 amide bonds. The third-order valence-corrected chi connectivity index (χ3v) is 3.16. The first-order valence-electron chi connectivity index (χ1n) is 7.56. The molecule has 0 unspecified atom stereocenters. The molecule has 0 saturated carbocycles. The number of carbonyl (C=O) groups is 1. The van der Waals surface area contributed by atoms with Gasteiger partial charge in [0.05, 0.1) is 11.4 Å². The Bertz CT molecular complexity index is 670. The van der Waals surface area contributed by atoms with Crippen LogP contribution < -0.4 is 16.0 Å². The Morgan fingerprint density at radius 1 is 1.00 bits per heavy atom. The molecular weight excluding hydrogens is 286 g/mol. The lowest BCUT2D eigenvalue weighted by Gasteiger charge is -2.23. The quantitative estimate of drug-likeness (QED) is 0.809.